The van der Waals surface area contributed by atoms with Crippen LogP contribution in [0.3, 0.4) is 0 Å². The minimum Gasteiger partial charge on any atom is -0.435 e. The smallest absolute Gasteiger partial charge is 0.387 e. The van der Waals surface area contributed by atoms with Crippen molar-refractivity contribution in [1.29, 1.82) is 0 Å². The lowest BCUT2D eigenvalue weighted by molar-refractivity contribution is -0.0498. The number of piperidine rings is 1. The number of ether oxygens (including phenoxy) is 1. The van der Waals surface area contributed by atoms with Crippen LogP contribution in [-0.2, 0) is 0 Å². The summed E-state index contributed by atoms with van der Waals surface area (Å²) in [5.41, 5.74) is 7.88. The zero-order chi connectivity index (χ0) is 13.1. The fourth-order valence-corrected chi connectivity index (χ4v) is 2.30. The highest BCUT2D eigenvalue weighted by molar-refractivity contribution is 5.56. The second-order valence-electron chi connectivity index (χ2n) is 4.65. The summed E-state index contributed by atoms with van der Waals surface area (Å²) in [5, 5.41) is 0. The summed E-state index contributed by atoms with van der Waals surface area (Å²) in [4.78, 5) is 2.24. The van der Waals surface area contributed by atoms with Crippen molar-refractivity contribution in [2.24, 2.45) is 5.73 Å². The van der Waals surface area contributed by atoms with Crippen molar-refractivity contribution in [2.45, 2.75) is 32.4 Å². The average molecular weight is 256 g/mol. The van der Waals surface area contributed by atoms with Gasteiger partial charge < -0.3 is 15.4 Å². The molecule has 0 spiro atoms. The number of hydrogen-bond donors (Lipinski definition) is 1. The summed E-state index contributed by atoms with van der Waals surface area (Å²) < 4.78 is 28.6. The molecule has 5 heteroatoms. The van der Waals surface area contributed by atoms with Crippen LogP contribution in [0.25, 0.3) is 0 Å². The number of anilines is 1. The minimum absolute atomic E-state index is 0.208. The predicted octanol–water partition coefficient (Wildman–Crippen LogP) is 2.52. The molecule has 0 amide bonds. The number of alkyl halides is 2. The van der Waals surface area contributed by atoms with Gasteiger partial charge in [-0.2, -0.15) is 8.78 Å². The van der Waals surface area contributed by atoms with Gasteiger partial charge in [-0.25, -0.2) is 0 Å². The molecule has 0 aliphatic carbocycles. The van der Waals surface area contributed by atoms with Crippen molar-refractivity contribution in [1.82, 2.24) is 0 Å². The van der Waals surface area contributed by atoms with Gasteiger partial charge in [0.05, 0.1) is 0 Å². The standard InChI is InChI=1S/C13H18F2N2O/c1-9-8-11(18-13(14)15)2-3-12(9)17-6-4-10(16)5-7-17/h2-3,8,10,13H,4-7,16H2,1H3. The van der Waals surface area contributed by atoms with Crippen LogP contribution >= 0.6 is 0 Å². The van der Waals surface area contributed by atoms with Crippen molar-refractivity contribution in [2.75, 3.05) is 18.0 Å². The van der Waals surface area contributed by atoms with Gasteiger partial charge in [-0.3, -0.25) is 0 Å². The summed E-state index contributed by atoms with van der Waals surface area (Å²) in [7, 11) is 0. The number of nitrogens with two attached hydrogens (primary N) is 1. The number of halogens is 2. The Kier molecular flexibility index (Phi) is 4.01. The van der Waals surface area contributed by atoms with Crippen LogP contribution in [0.1, 0.15) is 18.4 Å². The monoisotopic (exact) mass is 256 g/mol. The first-order valence-corrected chi connectivity index (χ1v) is 6.12. The molecule has 2 N–H and O–H groups in total. The lowest BCUT2D eigenvalue weighted by Crippen LogP contribution is -2.39. The van der Waals surface area contributed by atoms with E-state index in [-0.39, 0.29) is 11.8 Å². The fraction of sp³-hybridized carbons (Fsp3) is 0.538. The molecule has 0 bridgehead atoms. The molecule has 3 nitrogen and oxygen atoms in total. The molecule has 1 heterocycles. The molecule has 100 valence electrons. The largest absolute Gasteiger partial charge is 0.435 e. The molecular weight excluding hydrogens is 238 g/mol. The van der Waals surface area contributed by atoms with Crippen molar-refractivity contribution < 1.29 is 13.5 Å². The molecule has 0 aromatic heterocycles. The van der Waals surface area contributed by atoms with E-state index in [4.69, 9.17) is 5.73 Å². The number of aryl methyl sites for hydroxylation is 1. The van der Waals surface area contributed by atoms with Crippen LogP contribution in [0, 0.1) is 6.92 Å². The third kappa shape index (κ3) is 3.10. The van der Waals surface area contributed by atoms with Gasteiger partial charge in [-0.15, -0.1) is 0 Å². The molecule has 1 saturated heterocycles. The Morgan fingerprint density at radius 2 is 2.00 bits per heavy atom. The highest BCUT2D eigenvalue weighted by Crippen LogP contribution is 2.27. The summed E-state index contributed by atoms with van der Waals surface area (Å²) in [5.74, 6) is 0.208. The Hall–Kier alpha value is -1.36. The summed E-state index contributed by atoms with van der Waals surface area (Å²) in [6.07, 6.45) is 1.93. The van der Waals surface area contributed by atoms with Gasteiger partial charge in [0.2, 0.25) is 0 Å². The van der Waals surface area contributed by atoms with Gasteiger partial charge in [0.1, 0.15) is 5.75 Å². The van der Waals surface area contributed by atoms with E-state index in [1.54, 1.807) is 12.1 Å². The van der Waals surface area contributed by atoms with E-state index < -0.39 is 6.61 Å². The molecule has 1 fully saturated rings. The maximum Gasteiger partial charge on any atom is 0.387 e. The SMILES string of the molecule is Cc1cc(OC(F)F)ccc1N1CCC(N)CC1. The number of nitrogens with zero attached hydrogens (tertiary/aromatic N) is 1. The Morgan fingerprint density at radius 1 is 1.33 bits per heavy atom. The maximum atomic E-state index is 12.1. The van der Waals surface area contributed by atoms with Crippen LogP contribution in [0.5, 0.6) is 5.75 Å². The van der Waals surface area contributed by atoms with E-state index in [1.165, 1.54) is 0 Å². The normalized spacial score (nSPS) is 17.3. The van der Waals surface area contributed by atoms with E-state index >= 15 is 0 Å². The molecule has 0 unspecified atom stereocenters. The number of benzene rings is 1. The number of hydrogen-bond acceptors (Lipinski definition) is 3. The van der Waals surface area contributed by atoms with Crippen molar-refractivity contribution in [3.05, 3.63) is 23.8 Å². The molecule has 1 aliphatic heterocycles. The van der Waals surface area contributed by atoms with E-state index in [0.29, 0.717) is 0 Å². The van der Waals surface area contributed by atoms with Gasteiger partial charge in [0, 0.05) is 24.8 Å². The Labute approximate surface area is 106 Å². The zero-order valence-electron chi connectivity index (χ0n) is 10.4. The fourth-order valence-electron chi connectivity index (χ4n) is 2.30. The maximum absolute atomic E-state index is 12.1. The first-order chi connectivity index (χ1) is 8.56. The number of rotatable bonds is 3. The molecule has 0 saturated carbocycles. The van der Waals surface area contributed by atoms with Crippen molar-refractivity contribution >= 4 is 5.69 Å². The summed E-state index contributed by atoms with van der Waals surface area (Å²) in [6, 6.07) is 5.35. The second kappa shape index (κ2) is 5.52. The van der Waals surface area contributed by atoms with Crippen LogP contribution in [0.4, 0.5) is 14.5 Å². The lowest BCUT2D eigenvalue weighted by atomic mass is 10.0. The molecular formula is C13H18F2N2O. The first-order valence-electron chi connectivity index (χ1n) is 6.12. The molecule has 0 atom stereocenters. The van der Waals surface area contributed by atoms with Crippen LogP contribution in [0.15, 0.2) is 18.2 Å². The van der Waals surface area contributed by atoms with Gasteiger partial charge in [-0.1, -0.05) is 0 Å². The molecule has 0 radical (unpaired) electrons. The second-order valence-corrected chi connectivity index (χ2v) is 4.65. The Morgan fingerprint density at radius 3 is 2.56 bits per heavy atom. The minimum atomic E-state index is -2.77. The topological polar surface area (TPSA) is 38.5 Å². The van der Waals surface area contributed by atoms with Crippen molar-refractivity contribution in [3.8, 4) is 5.75 Å². The van der Waals surface area contributed by atoms with Crippen LogP contribution < -0.4 is 15.4 Å². The van der Waals surface area contributed by atoms with Crippen LogP contribution in [0.2, 0.25) is 0 Å². The molecule has 2 rings (SSSR count). The van der Waals surface area contributed by atoms with E-state index in [0.717, 1.165) is 37.2 Å². The summed E-state index contributed by atoms with van der Waals surface area (Å²) >= 11 is 0. The molecule has 18 heavy (non-hydrogen) atoms. The van der Waals surface area contributed by atoms with Gasteiger partial charge in [0.15, 0.2) is 0 Å². The predicted molar refractivity (Wildman–Crippen MR) is 67.2 cm³/mol. The highest BCUT2D eigenvalue weighted by atomic mass is 19.3. The van der Waals surface area contributed by atoms with Crippen molar-refractivity contribution in [3.63, 3.8) is 0 Å². The third-order valence-corrected chi connectivity index (χ3v) is 3.27. The van der Waals surface area contributed by atoms with E-state index in [1.807, 2.05) is 13.0 Å². The van der Waals surface area contributed by atoms with E-state index in [9.17, 15) is 8.78 Å². The molecule has 1 aliphatic rings. The molecule has 1 aromatic carbocycles. The third-order valence-electron chi connectivity index (χ3n) is 3.27. The Balaban J connectivity index is 2.09. The van der Waals surface area contributed by atoms with Gasteiger partial charge in [0.25, 0.3) is 0 Å². The van der Waals surface area contributed by atoms with E-state index in [2.05, 4.69) is 9.64 Å². The first kappa shape index (κ1) is 13.1. The average Bonchev–Trinajstić information content (AvgIpc) is 2.30. The molecule has 1 aromatic rings. The lowest BCUT2D eigenvalue weighted by Gasteiger charge is -2.33. The van der Waals surface area contributed by atoms with Gasteiger partial charge in [-0.05, 0) is 43.5 Å². The quantitative estimate of drug-likeness (QED) is 0.903. The summed E-state index contributed by atoms with van der Waals surface area (Å²) in [6.45, 7) is 0.958. The highest BCUT2D eigenvalue weighted by Gasteiger charge is 2.18. The van der Waals surface area contributed by atoms with Crippen LogP contribution in [-0.4, -0.2) is 25.7 Å². The van der Waals surface area contributed by atoms with Gasteiger partial charge >= 0.3 is 6.61 Å². The Bertz CT molecular complexity index is 404. The zero-order valence-corrected chi connectivity index (χ0v) is 10.4.